The van der Waals surface area contributed by atoms with Crippen molar-refractivity contribution >= 4 is 23.2 Å². The van der Waals surface area contributed by atoms with Gasteiger partial charge in [-0.3, -0.25) is 20.6 Å². The minimum absolute atomic E-state index is 0.255. The number of rotatable bonds is 2. The number of aromatic nitrogens is 1. The zero-order valence-electron chi connectivity index (χ0n) is 10.9. The highest BCUT2D eigenvalue weighted by molar-refractivity contribution is 7.80. The molecule has 1 saturated carbocycles. The van der Waals surface area contributed by atoms with Gasteiger partial charge in [0, 0.05) is 18.4 Å². The number of fused-ring (bicyclic) bond motifs is 2. The molecule has 3 rings (SSSR count). The molecular formula is C14H16N4OS. The lowest BCUT2D eigenvalue weighted by atomic mass is 10.0. The van der Waals surface area contributed by atoms with Crippen molar-refractivity contribution in [3.05, 3.63) is 42.2 Å². The van der Waals surface area contributed by atoms with E-state index in [0.717, 1.165) is 6.42 Å². The molecule has 0 saturated heterocycles. The van der Waals surface area contributed by atoms with Crippen LogP contribution in [-0.2, 0) is 0 Å². The van der Waals surface area contributed by atoms with E-state index in [0.29, 0.717) is 28.6 Å². The van der Waals surface area contributed by atoms with Crippen LogP contribution in [0, 0.1) is 11.8 Å². The maximum atomic E-state index is 11.8. The molecule has 20 heavy (non-hydrogen) atoms. The summed E-state index contributed by atoms with van der Waals surface area (Å²) in [6, 6.07) is 3.79. The summed E-state index contributed by atoms with van der Waals surface area (Å²) in [6.07, 6.45) is 9.99. The summed E-state index contributed by atoms with van der Waals surface area (Å²) in [6.45, 7) is 0. The molecule has 104 valence electrons. The Morgan fingerprint density at radius 2 is 2.20 bits per heavy atom. The van der Waals surface area contributed by atoms with E-state index in [1.165, 1.54) is 12.6 Å². The molecule has 3 atom stereocenters. The third-order valence-corrected chi connectivity index (χ3v) is 4.03. The number of hydrogen-bond acceptors (Lipinski definition) is 3. The maximum absolute atomic E-state index is 11.8. The first-order valence-corrected chi connectivity index (χ1v) is 7.08. The van der Waals surface area contributed by atoms with Crippen LogP contribution in [0.25, 0.3) is 0 Å². The molecular weight excluding hydrogens is 272 g/mol. The number of nitrogens with one attached hydrogen (secondary N) is 3. The number of carbonyl (C=O) groups is 1. The average molecular weight is 288 g/mol. The monoisotopic (exact) mass is 288 g/mol. The third-order valence-electron chi connectivity index (χ3n) is 3.81. The standard InChI is InChI=1S/C14H16N4OS/c19-13(11-2-1-5-15-8-11)17-18-14(20)16-12-7-9-3-4-10(12)6-9/h1-5,8-10,12H,6-7H2,(H,17,19)(H2,16,18,20)/t9-,10-,12+/m0/s1. The molecule has 0 aliphatic heterocycles. The molecule has 5 nitrogen and oxygen atoms in total. The second kappa shape index (κ2) is 5.58. The molecule has 1 amide bonds. The molecule has 2 aliphatic carbocycles. The van der Waals surface area contributed by atoms with Gasteiger partial charge >= 0.3 is 0 Å². The molecule has 0 spiro atoms. The largest absolute Gasteiger partial charge is 0.358 e. The van der Waals surface area contributed by atoms with Crippen LogP contribution in [0.4, 0.5) is 0 Å². The van der Waals surface area contributed by atoms with E-state index in [1.54, 1.807) is 18.3 Å². The zero-order valence-corrected chi connectivity index (χ0v) is 11.7. The number of thiocarbonyl (C=S) groups is 1. The Kier molecular flexibility index (Phi) is 3.64. The average Bonchev–Trinajstić information content (AvgIpc) is 3.08. The highest BCUT2D eigenvalue weighted by Crippen LogP contribution is 2.38. The summed E-state index contributed by atoms with van der Waals surface area (Å²) < 4.78 is 0. The molecule has 1 heterocycles. The summed E-state index contributed by atoms with van der Waals surface area (Å²) >= 11 is 5.20. The van der Waals surface area contributed by atoms with Gasteiger partial charge in [-0.15, -0.1) is 0 Å². The van der Waals surface area contributed by atoms with Crippen molar-refractivity contribution in [3.8, 4) is 0 Å². The van der Waals surface area contributed by atoms with E-state index in [9.17, 15) is 4.79 Å². The van der Waals surface area contributed by atoms with Gasteiger partial charge in [-0.2, -0.15) is 0 Å². The van der Waals surface area contributed by atoms with Gasteiger partial charge in [0.25, 0.3) is 5.91 Å². The van der Waals surface area contributed by atoms with Crippen molar-refractivity contribution in [3.63, 3.8) is 0 Å². The van der Waals surface area contributed by atoms with Gasteiger partial charge in [-0.05, 0) is 49.0 Å². The molecule has 1 aromatic heterocycles. The molecule has 6 heteroatoms. The topological polar surface area (TPSA) is 66.1 Å². The quantitative estimate of drug-likeness (QED) is 0.433. The van der Waals surface area contributed by atoms with Crippen molar-refractivity contribution in [2.75, 3.05) is 0 Å². The zero-order chi connectivity index (χ0) is 13.9. The minimum atomic E-state index is -0.255. The second-order valence-corrected chi connectivity index (χ2v) is 5.59. The van der Waals surface area contributed by atoms with Crippen molar-refractivity contribution < 1.29 is 4.79 Å². The number of pyridine rings is 1. The van der Waals surface area contributed by atoms with Crippen molar-refractivity contribution in [1.29, 1.82) is 0 Å². The normalized spacial score (nSPS) is 26.3. The highest BCUT2D eigenvalue weighted by Gasteiger charge is 2.35. The van der Waals surface area contributed by atoms with Gasteiger partial charge < -0.3 is 5.32 Å². The van der Waals surface area contributed by atoms with Gasteiger partial charge in [-0.1, -0.05) is 12.2 Å². The van der Waals surface area contributed by atoms with Crippen LogP contribution in [0.3, 0.4) is 0 Å². The number of hydrazine groups is 1. The lowest BCUT2D eigenvalue weighted by Crippen LogP contribution is -2.50. The van der Waals surface area contributed by atoms with Crippen LogP contribution < -0.4 is 16.2 Å². The van der Waals surface area contributed by atoms with Crippen LogP contribution in [-0.4, -0.2) is 22.0 Å². The third kappa shape index (κ3) is 2.80. The Balaban J connectivity index is 1.46. The molecule has 1 fully saturated rings. The summed E-state index contributed by atoms with van der Waals surface area (Å²) in [7, 11) is 0. The van der Waals surface area contributed by atoms with Gasteiger partial charge in [0.05, 0.1) is 5.56 Å². The number of amides is 1. The first-order chi connectivity index (χ1) is 9.72. The lowest BCUT2D eigenvalue weighted by molar-refractivity contribution is 0.0943. The lowest BCUT2D eigenvalue weighted by Gasteiger charge is -2.21. The fourth-order valence-corrected chi connectivity index (χ4v) is 3.04. The SMILES string of the molecule is O=C(NNC(=S)N[C@@H]1C[C@H]2C=C[C@H]1C2)c1cccnc1. The van der Waals surface area contributed by atoms with Gasteiger partial charge in [0.15, 0.2) is 5.11 Å². The predicted octanol–water partition coefficient (Wildman–Crippen LogP) is 1.16. The molecule has 0 unspecified atom stereocenters. The predicted molar refractivity (Wildman–Crippen MR) is 79.7 cm³/mol. The highest BCUT2D eigenvalue weighted by atomic mass is 32.1. The number of hydrogen-bond donors (Lipinski definition) is 3. The Hall–Kier alpha value is -1.95. The number of allylic oxidation sites excluding steroid dienone is 1. The molecule has 1 aromatic rings. The minimum Gasteiger partial charge on any atom is -0.358 e. The Bertz CT molecular complexity index is 545. The summed E-state index contributed by atoms with van der Waals surface area (Å²) in [5, 5.41) is 3.71. The van der Waals surface area contributed by atoms with E-state index in [4.69, 9.17) is 12.2 Å². The Morgan fingerprint density at radius 1 is 1.30 bits per heavy atom. The van der Waals surface area contributed by atoms with Gasteiger partial charge in [-0.25, -0.2) is 0 Å². The van der Waals surface area contributed by atoms with Gasteiger partial charge in [0.1, 0.15) is 0 Å². The summed E-state index contributed by atoms with van der Waals surface area (Å²) in [5.41, 5.74) is 5.79. The van der Waals surface area contributed by atoms with Crippen LogP contribution in [0.5, 0.6) is 0 Å². The molecule has 0 aromatic carbocycles. The van der Waals surface area contributed by atoms with Crippen molar-refractivity contribution in [2.45, 2.75) is 18.9 Å². The number of nitrogens with zero attached hydrogens (tertiary/aromatic N) is 1. The van der Waals surface area contributed by atoms with E-state index in [-0.39, 0.29) is 5.91 Å². The molecule has 3 N–H and O–H groups in total. The van der Waals surface area contributed by atoms with Crippen LogP contribution in [0.15, 0.2) is 36.7 Å². The molecule has 2 aliphatic rings. The van der Waals surface area contributed by atoms with Crippen molar-refractivity contribution in [2.24, 2.45) is 11.8 Å². The Morgan fingerprint density at radius 3 is 2.85 bits per heavy atom. The fourth-order valence-electron chi connectivity index (χ4n) is 2.83. The second-order valence-electron chi connectivity index (χ2n) is 5.18. The fraction of sp³-hybridized carbons (Fsp3) is 0.357. The molecule has 2 bridgehead atoms. The summed E-state index contributed by atoms with van der Waals surface area (Å²) in [4.78, 5) is 15.7. The Labute approximate surface area is 122 Å². The molecule has 0 radical (unpaired) electrons. The summed E-state index contributed by atoms with van der Waals surface area (Å²) in [5.74, 6) is 0.995. The van der Waals surface area contributed by atoms with E-state index < -0.39 is 0 Å². The van der Waals surface area contributed by atoms with Crippen molar-refractivity contribution in [1.82, 2.24) is 21.2 Å². The van der Waals surface area contributed by atoms with E-state index >= 15 is 0 Å². The number of carbonyl (C=O) groups excluding carboxylic acids is 1. The van der Waals surface area contributed by atoms with E-state index in [1.807, 2.05) is 0 Å². The van der Waals surface area contributed by atoms with E-state index in [2.05, 4.69) is 33.3 Å². The first kappa shape index (κ1) is 13.1. The van der Waals surface area contributed by atoms with Crippen LogP contribution in [0.1, 0.15) is 23.2 Å². The van der Waals surface area contributed by atoms with Gasteiger partial charge in [0.2, 0.25) is 0 Å². The first-order valence-electron chi connectivity index (χ1n) is 6.67. The smallest absolute Gasteiger partial charge is 0.271 e. The van der Waals surface area contributed by atoms with Crippen LogP contribution >= 0.6 is 12.2 Å². The van der Waals surface area contributed by atoms with Crippen LogP contribution in [0.2, 0.25) is 0 Å². The maximum Gasteiger partial charge on any atom is 0.271 e.